The highest BCUT2D eigenvalue weighted by atomic mass is 32.2. The maximum atomic E-state index is 14.0. The number of fused-ring (bicyclic) bond motifs is 2. The van der Waals surface area contributed by atoms with Gasteiger partial charge < -0.3 is 5.11 Å². The molecule has 9 heteroatoms. The molecule has 1 unspecified atom stereocenters. The minimum absolute atomic E-state index is 0.0718. The van der Waals surface area contributed by atoms with Crippen LogP contribution in [0, 0.1) is 0 Å². The van der Waals surface area contributed by atoms with E-state index in [1.165, 1.54) is 22.6 Å². The molecule has 1 atom stereocenters. The van der Waals surface area contributed by atoms with Gasteiger partial charge in [0.25, 0.3) is 5.56 Å². The lowest BCUT2D eigenvalue weighted by atomic mass is 9.89. The van der Waals surface area contributed by atoms with E-state index in [2.05, 4.69) is 0 Å². The van der Waals surface area contributed by atoms with Gasteiger partial charge in [-0.3, -0.25) is 9.36 Å². The number of halogens is 3. The first-order valence-corrected chi connectivity index (χ1v) is 13.9. The van der Waals surface area contributed by atoms with E-state index in [1.54, 1.807) is 6.07 Å². The Kier molecular flexibility index (Phi) is 7.54. The fourth-order valence-corrected chi connectivity index (χ4v) is 6.67. The quantitative estimate of drug-likeness (QED) is 0.250. The molecule has 1 aliphatic heterocycles. The number of alkyl halides is 3. The Labute approximate surface area is 234 Å². The summed E-state index contributed by atoms with van der Waals surface area (Å²) < 4.78 is 44.7. The van der Waals surface area contributed by atoms with Crippen LogP contribution in [0.1, 0.15) is 49.1 Å². The van der Waals surface area contributed by atoms with E-state index in [4.69, 9.17) is 0 Å². The SMILES string of the molecule is CCc1c(Cc2cccc3ccccc23)c(-c2cccc(C(F)(F)F)c2)c2n(c1=O)C(C(=O)O)CN(C(C)C)S2. The third-order valence-corrected chi connectivity index (χ3v) is 8.76. The third kappa shape index (κ3) is 5.04. The molecule has 0 radical (unpaired) electrons. The molecule has 2 heterocycles. The predicted octanol–water partition coefficient (Wildman–Crippen LogP) is 7.20. The van der Waals surface area contributed by atoms with Crippen molar-refractivity contribution < 1.29 is 23.1 Å². The van der Waals surface area contributed by atoms with E-state index in [0.717, 1.165) is 28.5 Å². The Morgan fingerprint density at radius 2 is 1.75 bits per heavy atom. The summed E-state index contributed by atoms with van der Waals surface area (Å²) in [4.78, 5) is 26.5. The summed E-state index contributed by atoms with van der Waals surface area (Å²) in [5.74, 6) is -1.16. The van der Waals surface area contributed by atoms with Crippen LogP contribution in [-0.4, -0.2) is 32.5 Å². The molecular formula is C31H29F3N2O3S. The molecule has 40 heavy (non-hydrogen) atoms. The molecule has 208 valence electrons. The van der Waals surface area contributed by atoms with Gasteiger partial charge in [0.1, 0.15) is 11.1 Å². The van der Waals surface area contributed by atoms with Crippen LogP contribution in [0.25, 0.3) is 21.9 Å². The minimum Gasteiger partial charge on any atom is -0.480 e. The molecule has 5 rings (SSSR count). The minimum atomic E-state index is -4.56. The van der Waals surface area contributed by atoms with E-state index >= 15 is 0 Å². The van der Waals surface area contributed by atoms with E-state index < -0.39 is 29.3 Å². The summed E-state index contributed by atoms with van der Waals surface area (Å²) in [6.07, 6.45) is -3.96. The van der Waals surface area contributed by atoms with Crippen molar-refractivity contribution in [3.63, 3.8) is 0 Å². The van der Waals surface area contributed by atoms with E-state index in [0.29, 0.717) is 40.1 Å². The van der Waals surface area contributed by atoms with Crippen LogP contribution in [0.15, 0.2) is 76.6 Å². The van der Waals surface area contributed by atoms with Gasteiger partial charge in [-0.25, -0.2) is 9.10 Å². The predicted molar refractivity (Wildman–Crippen MR) is 152 cm³/mol. The number of pyridine rings is 1. The Hall–Kier alpha value is -3.56. The molecule has 4 aromatic rings. The highest BCUT2D eigenvalue weighted by molar-refractivity contribution is 7.97. The molecule has 0 bridgehead atoms. The molecule has 0 aliphatic carbocycles. The first kappa shape index (κ1) is 28.0. The molecule has 0 fully saturated rings. The van der Waals surface area contributed by atoms with Gasteiger partial charge in [0, 0.05) is 23.7 Å². The summed E-state index contributed by atoms with van der Waals surface area (Å²) in [5.41, 5.74) is 1.52. The van der Waals surface area contributed by atoms with Gasteiger partial charge in [0.15, 0.2) is 0 Å². The van der Waals surface area contributed by atoms with Crippen LogP contribution in [0.4, 0.5) is 13.2 Å². The number of carboxylic acid groups (broad SMARTS) is 1. The summed E-state index contributed by atoms with van der Waals surface area (Å²) in [7, 11) is 0. The second-order valence-electron chi connectivity index (χ2n) is 10.2. The molecule has 1 aromatic heterocycles. The van der Waals surface area contributed by atoms with Gasteiger partial charge in [-0.2, -0.15) is 13.2 Å². The highest BCUT2D eigenvalue weighted by Crippen LogP contribution is 2.44. The third-order valence-electron chi connectivity index (χ3n) is 7.38. The van der Waals surface area contributed by atoms with E-state index in [9.17, 15) is 27.9 Å². The van der Waals surface area contributed by atoms with Crippen LogP contribution in [-0.2, 0) is 23.8 Å². The van der Waals surface area contributed by atoms with Crippen molar-refractivity contribution >= 4 is 28.7 Å². The average Bonchev–Trinajstić information content (AvgIpc) is 2.92. The van der Waals surface area contributed by atoms with Crippen molar-refractivity contribution in [1.82, 2.24) is 8.87 Å². The van der Waals surface area contributed by atoms with Crippen LogP contribution in [0.3, 0.4) is 0 Å². The molecule has 1 aliphatic rings. The molecule has 3 aromatic carbocycles. The Morgan fingerprint density at radius 1 is 1.05 bits per heavy atom. The van der Waals surface area contributed by atoms with Crippen LogP contribution >= 0.6 is 11.9 Å². The van der Waals surface area contributed by atoms with Crippen molar-refractivity contribution in [2.75, 3.05) is 6.54 Å². The number of aromatic nitrogens is 1. The number of aliphatic carboxylic acids is 1. The molecule has 0 saturated carbocycles. The number of rotatable bonds is 6. The lowest BCUT2D eigenvalue weighted by molar-refractivity contribution is -0.141. The van der Waals surface area contributed by atoms with Crippen LogP contribution in [0.5, 0.6) is 0 Å². The van der Waals surface area contributed by atoms with Crippen molar-refractivity contribution in [3.8, 4) is 11.1 Å². The van der Waals surface area contributed by atoms with Crippen molar-refractivity contribution in [2.45, 2.75) is 56.9 Å². The molecular weight excluding hydrogens is 537 g/mol. The molecule has 0 saturated heterocycles. The summed E-state index contributed by atoms with van der Waals surface area (Å²) in [5, 5.41) is 12.5. The molecule has 0 amide bonds. The Bertz CT molecular complexity index is 1660. The summed E-state index contributed by atoms with van der Waals surface area (Å²) in [6, 6.07) is 17.5. The van der Waals surface area contributed by atoms with Crippen molar-refractivity contribution in [1.29, 1.82) is 0 Å². The summed E-state index contributed by atoms with van der Waals surface area (Å²) >= 11 is 1.23. The van der Waals surface area contributed by atoms with Crippen molar-refractivity contribution in [3.05, 3.63) is 99.3 Å². The number of hydrogen-bond acceptors (Lipinski definition) is 4. The number of carboxylic acids is 1. The van der Waals surface area contributed by atoms with Gasteiger partial charge in [0.05, 0.1) is 5.56 Å². The smallest absolute Gasteiger partial charge is 0.416 e. The maximum absolute atomic E-state index is 14.0. The first-order chi connectivity index (χ1) is 19.0. The first-order valence-electron chi connectivity index (χ1n) is 13.1. The largest absolute Gasteiger partial charge is 0.480 e. The lowest BCUT2D eigenvalue weighted by Gasteiger charge is -2.37. The van der Waals surface area contributed by atoms with Crippen LogP contribution < -0.4 is 5.56 Å². The second-order valence-corrected chi connectivity index (χ2v) is 11.2. The Morgan fingerprint density at radius 3 is 2.42 bits per heavy atom. The maximum Gasteiger partial charge on any atom is 0.416 e. The average molecular weight is 567 g/mol. The van der Waals surface area contributed by atoms with Gasteiger partial charge in [-0.15, -0.1) is 0 Å². The van der Waals surface area contributed by atoms with Gasteiger partial charge in [-0.1, -0.05) is 61.5 Å². The van der Waals surface area contributed by atoms with Crippen LogP contribution in [0.2, 0.25) is 0 Å². The zero-order chi connectivity index (χ0) is 28.8. The van der Waals surface area contributed by atoms with Crippen molar-refractivity contribution in [2.24, 2.45) is 0 Å². The fraction of sp³-hybridized carbons (Fsp3) is 0.290. The lowest BCUT2D eigenvalue weighted by Crippen LogP contribution is -2.45. The normalized spacial score (nSPS) is 15.9. The molecule has 1 N–H and O–H groups in total. The number of nitrogens with zero attached hydrogens (tertiary/aromatic N) is 2. The summed E-state index contributed by atoms with van der Waals surface area (Å²) in [6.45, 7) is 5.75. The zero-order valence-corrected chi connectivity index (χ0v) is 23.1. The van der Waals surface area contributed by atoms with Gasteiger partial charge in [0.2, 0.25) is 0 Å². The number of benzene rings is 3. The van der Waals surface area contributed by atoms with E-state index in [-0.39, 0.29) is 12.6 Å². The number of carbonyl (C=O) groups is 1. The monoisotopic (exact) mass is 566 g/mol. The highest BCUT2D eigenvalue weighted by Gasteiger charge is 2.38. The van der Waals surface area contributed by atoms with E-state index in [1.807, 2.05) is 67.5 Å². The fourth-order valence-electron chi connectivity index (χ4n) is 5.39. The molecule has 0 spiro atoms. The van der Waals surface area contributed by atoms with Gasteiger partial charge in [-0.05, 0) is 78.2 Å². The van der Waals surface area contributed by atoms with Gasteiger partial charge >= 0.3 is 12.1 Å². The molecule has 5 nitrogen and oxygen atoms in total. The standard InChI is InChI=1S/C31H29F3N2O3S/c1-4-23-25(16-20-11-7-10-19-9-5-6-14-24(19)20)27(21-12-8-13-22(15-21)31(32,33)34)29-36(28(23)37)26(30(38)39)17-35(40-29)18(2)3/h5-15,18,26H,4,16-17H2,1-3H3,(H,38,39). The Balaban J connectivity index is 1.87. The topological polar surface area (TPSA) is 62.5 Å². The zero-order valence-electron chi connectivity index (χ0n) is 22.3. The number of hydrogen-bond donors (Lipinski definition) is 1. The second kappa shape index (κ2) is 10.8.